The molecule has 0 aliphatic carbocycles. The minimum atomic E-state index is -3.73. The second kappa shape index (κ2) is 4.79. The summed E-state index contributed by atoms with van der Waals surface area (Å²) in [6.45, 7) is 1.47. The van der Waals surface area contributed by atoms with Gasteiger partial charge in [0.25, 0.3) is 0 Å². The number of β-amino-alcohol motifs (C(OH)–C–C–N with tert-alkyl or cyclic N) is 2. The van der Waals surface area contributed by atoms with Crippen LogP contribution in [0.4, 0.5) is 0 Å². The van der Waals surface area contributed by atoms with Crippen LogP contribution in [0.1, 0.15) is 5.56 Å². The number of hydrogen-bond donors (Lipinski definition) is 2. The summed E-state index contributed by atoms with van der Waals surface area (Å²) < 4.78 is 25.8. The van der Waals surface area contributed by atoms with Gasteiger partial charge < -0.3 is 10.2 Å². The maximum atomic E-state index is 12.3. The lowest BCUT2D eigenvalue weighted by Gasteiger charge is -2.17. The van der Waals surface area contributed by atoms with Crippen LogP contribution in [0.2, 0.25) is 5.02 Å². The van der Waals surface area contributed by atoms with Gasteiger partial charge in [0, 0.05) is 18.1 Å². The molecule has 0 spiro atoms. The summed E-state index contributed by atoms with van der Waals surface area (Å²) in [4.78, 5) is 0.108. The highest BCUT2D eigenvalue weighted by Crippen LogP contribution is 2.26. The number of benzene rings is 1. The first-order chi connectivity index (χ1) is 8.32. The summed E-state index contributed by atoms with van der Waals surface area (Å²) in [7, 11) is -3.73. The molecule has 2 rings (SSSR count). The van der Waals surface area contributed by atoms with E-state index in [2.05, 4.69) is 0 Å². The number of nitrogens with zero attached hydrogens (tertiary/aromatic N) is 1. The lowest BCUT2D eigenvalue weighted by molar-refractivity contribution is 0.0572. The predicted molar refractivity (Wildman–Crippen MR) is 67.0 cm³/mol. The molecule has 0 saturated carbocycles. The van der Waals surface area contributed by atoms with Crippen molar-refractivity contribution in [1.82, 2.24) is 4.31 Å². The van der Waals surface area contributed by atoms with Crippen LogP contribution in [0.25, 0.3) is 0 Å². The highest BCUT2D eigenvalue weighted by atomic mass is 35.5. The van der Waals surface area contributed by atoms with Gasteiger partial charge in [0.2, 0.25) is 10.0 Å². The van der Waals surface area contributed by atoms with E-state index in [1.165, 1.54) is 6.07 Å². The van der Waals surface area contributed by atoms with Gasteiger partial charge in [0.15, 0.2) is 0 Å². The highest BCUT2D eigenvalue weighted by Gasteiger charge is 2.38. The topological polar surface area (TPSA) is 77.8 Å². The van der Waals surface area contributed by atoms with Gasteiger partial charge in [0.05, 0.1) is 17.1 Å². The molecule has 1 heterocycles. The van der Waals surface area contributed by atoms with Crippen molar-refractivity contribution in [2.45, 2.75) is 24.0 Å². The van der Waals surface area contributed by atoms with E-state index in [0.717, 1.165) is 4.31 Å². The van der Waals surface area contributed by atoms with Crippen LogP contribution in [0.3, 0.4) is 0 Å². The van der Waals surface area contributed by atoms with Crippen LogP contribution in [0, 0.1) is 6.92 Å². The zero-order valence-corrected chi connectivity index (χ0v) is 11.3. The number of aliphatic hydroxyl groups is 2. The molecule has 1 aliphatic rings. The molecule has 18 heavy (non-hydrogen) atoms. The molecule has 0 amide bonds. The Morgan fingerprint density at radius 3 is 2.39 bits per heavy atom. The Kier molecular flexibility index (Phi) is 3.66. The smallest absolute Gasteiger partial charge is 0.243 e. The van der Waals surface area contributed by atoms with E-state index in [1.54, 1.807) is 19.1 Å². The summed E-state index contributed by atoms with van der Waals surface area (Å²) >= 11 is 5.81. The number of sulfonamides is 1. The summed E-state index contributed by atoms with van der Waals surface area (Å²) in [5.41, 5.74) is 0.579. The Morgan fingerprint density at radius 1 is 1.28 bits per heavy atom. The molecule has 0 aromatic heterocycles. The number of halogens is 1. The number of hydrogen-bond acceptors (Lipinski definition) is 4. The zero-order chi connectivity index (χ0) is 13.5. The average Bonchev–Trinajstić information content (AvgIpc) is 2.63. The fourth-order valence-electron chi connectivity index (χ4n) is 1.92. The minimum absolute atomic E-state index is 0.102. The molecule has 1 aromatic rings. The third-order valence-corrected chi connectivity index (χ3v) is 5.20. The lowest BCUT2D eigenvalue weighted by Crippen LogP contribution is -2.30. The van der Waals surface area contributed by atoms with E-state index < -0.39 is 22.2 Å². The predicted octanol–water partition coefficient (Wildman–Crippen LogP) is 0.375. The van der Waals surface area contributed by atoms with Gasteiger partial charge in [0.1, 0.15) is 0 Å². The summed E-state index contributed by atoms with van der Waals surface area (Å²) in [5, 5.41) is 19.2. The van der Waals surface area contributed by atoms with E-state index in [-0.39, 0.29) is 18.0 Å². The van der Waals surface area contributed by atoms with E-state index in [1.807, 2.05) is 0 Å². The Bertz CT molecular complexity index is 550. The van der Waals surface area contributed by atoms with Crippen molar-refractivity contribution in [2.75, 3.05) is 13.1 Å². The molecule has 7 heteroatoms. The number of aliphatic hydroxyl groups excluding tert-OH is 2. The molecule has 1 saturated heterocycles. The van der Waals surface area contributed by atoms with Gasteiger partial charge in [-0.25, -0.2) is 8.42 Å². The minimum Gasteiger partial charge on any atom is -0.389 e. The fourth-order valence-corrected chi connectivity index (χ4v) is 3.89. The van der Waals surface area contributed by atoms with Gasteiger partial charge in [-0.1, -0.05) is 17.7 Å². The Balaban J connectivity index is 2.40. The second-order valence-electron chi connectivity index (χ2n) is 4.37. The molecular weight excluding hydrogens is 278 g/mol. The molecule has 0 unspecified atom stereocenters. The molecule has 1 aromatic carbocycles. The van der Waals surface area contributed by atoms with Gasteiger partial charge in [-0.3, -0.25) is 0 Å². The maximum absolute atomic E-state index is 12.3. The summed E-state index contributed by atoms with van der Waals surface area (Å²) in [6, 6.07) is 4.62. The van der Waals surface area contributed by atoms with Gasteiger partial charge in [-0.2, -0.15) is 4.31 Å². The van der Waals surface area contributed by atoms with Crippen LogP contribution in [-0.4, -0.2) is 48.2 Å². The van der Waals surface area contributed by atoms with Crippen LogP contribution in [-0.2, 0) is 10.0 Å². The molecule has 2 N–H and O–H groups in total. The highest BCUT2D eigenvalue weighted by molar-refractivity contribution is 7.89. The first-order valence-corrected chi connectivity index (χ1v) is 7.26. The Labute approximate surface area is 111 Å². The van der Waals surface area contributed by atoms with Crippen molar-refractivity contribution in [3.8, 4) is 0 Å². The van der Waals surface area contributed by atoms with Crippen molar-refractivity contribution in [3.63, 3.8) is 0 Å². The van der Waals surface area contributed by atoms with E-state index in [0.29, 0.717) is 10.6 Å². The first-order valence-electron chi connectivity index (χ1n) is 5.45. The van der Waals surface area contributed by atoms with Crippen molar-refractivity contribution in [1.29, 1.82) is 0 Å². The molecule has 0 radical (unpaired) electrons. The monoisotopic (exact) mass is 291 g/mol. The van der Waals surface area contributed by atoms with Crippen LogP contribution >= 0.6 is 11.6 Å². The van der Waals surface area contributed by atoms with Crippen molar-refractivity contribution in [2.24, 2.45) is 0 Å². The van der Waals surface area contributed by atoms with Crippen LogP contribution < -0.4 is 0 Å². The largest absolute Gasteiger partial charge is 0.389 e. The van der Waals surface area contributed by atoms with Crippen molar-refractivity contribution in [3.05, 3.63) is 28.8 Å². The summed E-state index contributed by atoms with van der Waals surface area (Å²) in [6.07, 6.45) is -2.08. The quantitative estimate of drug-likeness (QED) is 0.825. The van der Waals surface area contributed by atoms with Gasteiger partial charge in [-0.15, -0.1) is 0 Å². The Morgan fingerprint density at radius 2 is 1.83 bits per heavy atom. The molecule has 1 aliphatic heterocycles. The van der Waals surface area contributed by atoms with Gasteiger partial charge >= 0.3 is 0 Å². The first kappa shape index (κ1) is 13.8. The molecular formula is C11H14ClNO4S. The van der Waals surface area contributed by atoms with Gasteiger partial charge in [-0.05, 0) is 24.6 Å². The van der Waals surface area contributed by atoms with Crippen LogP contribution in [0.5, 0.6) is 0 Å². The van der Waals surface area contributed by atoms with E-state index in [4.69, 9.17) is 11.6 Å². The summed E-state index contributed by atoms with van der Waals surface area (Å²) in [5.74, 6) is 0. The SMILES string of the molecule is Cc1ccc(Cl)cc1S(=O)(=O)N1C[C@@H](O)[C@@H](O)C1. The second-order valence-corrected chi connectivity index (χ2v) is 6.71. The normalized spacial score (nSPS) is 25.6. The average molecular weight is 292 g/mol. The number of rotatable bonds is 2. The Hall–Kier alpha value is -0.660. The lowest BCUT2D eigenvalue weighted by atomic mass is 10.2. The molecule has 5 nitrogen and oxygen atoms in total. The molecule has 100 valence electrons. The third-order valence-electron chi connectivity index (χ3n) is 2.99. The van der Waals surface area contributed by atoms with E-state index >= 15 is 0 Å². The standard InChI is InChI=1S/C11H14ClNO4S/c1-7-2-3-8(12)4-11(7)18(16,17)13-5-9(14)10(15)6-13/h2-4,9-10,14-15H,5-6H2,1H3/t9-,10+. The van der Waals surface area contributed by atoms with Crippen LogP contribution in [0.15, 0.2) is 23.1 Å². The van der Waals surface area contributed by atoms with Crippen molar-refractivity contribution >= 4 is 21.6 Å². The van der Waals surface area contributed by atoms with Crippen molar-refractivity contribution < 1.29 is 18.6 Å². The zero-order valence-electron chi connectivity index (χ0n) is 9.75. The maximum Gasteiger partial charge on any atom is 0.243 e. The number of aryl methyl sites for hydroxylation is 1. The third kappa shape index (κ3) is 2.39. The molecule has 1 fully saturated rings. The molecule has 0 bridgehead atoms. The fraction of sp³-hybridized carbons (Fsp3) is 0.455. The molecule has 2 atom stereocenters. The van der Waals surface area contributed by atoms with E-state index in [9.17, 15) is 18.6 Å².